The second-order valence-corrected chi connectivity index (χ2v) is 4.37. The predicted molar refractivity (Wildman–Crippen MR) is 70.3 cm³/mol. The van der Waals surface area contributed by atoms with Crippen molar-refractivity contribution >= 4 is 0 Å². The minimum Gasteiger partial charge on any atom is -0.339 e. The molecule has 4 nitrogen and oxygen atoms in total. The van der Waals surface area contributed by atoms with Gasteiger partial charge in [0.15, 0.2) is 5.82 Å². The summed E-state index contributed by atoms with van der Waals surface area (Å²) in [6.07, 6.45) is 1.73. The van der Waals surface area contributed by atoms with Crippen molar-refractivity contribution < 1.29 is 4.52 Å². The highest BCUT2D eigenvalue weighted by Gasteiger charge is 2.05. The second kappa shape index (κ2) is 6.31. The third-order valence-corrected chi connectivity index (χ3v) is 2.79. The Bertz CT molecular complexity index is 476. The molecule has 96 valence electrons. The molecule has 0 spiro atoms. The molecule has 0 saturated heterocycles. The molecule has 1 N–H and O–H groups in total. The number of aromatic nitrogens is 2. The smallest absolute Gasteiger partial charge is 0.227 e. The molecule has 18 heavy (non-hydrogen) atoms. The first-order valence-electron chi connectivity index (χ1n) is 6.35. The molecule has 4 heteroatoms. The van der Waals surface area contributed by atoms with Gasteiger partial charge in [0.05, 0.1) is 6.54 Å². The van der Waals surface area contributed by atoms with Gasteiger partial charge in [-0.25, -0.2) is 0 Å². The molecule has 2 aromatic rings. The molecule has 0 atom stereocenters. The van der Waals surface area contributed by atoms with Gasteiger partial charge in [0.2, 0.25) is 5.89 Å². The summed E-state index contributed by atoms with van der Waals surface area (Å²) in [6.45, 7) is 5.73. The summed E-state index contributed by atoms with van der Waals surface area (Å²) in [5.74, 6) is 1.44. The van der Waals surface area contributed by atoms with Crippen molar-refractivity contribution in [1.82, 2.24) is 15.5 Å². The summed E-state index contributed by atoms with van der Waals surface area (Å²) in [4.78, 5) is 4.34. The molecular weight excluding hydrogens is 226 g/mol. The van der Waals surface area contributed by atoms with Crippen LogP contribution in [-0.4, -0.2) is 16.7 Å². The van der Waals surface area contributed by atoms with Crippen LogP contribution in [0, 0.1) is 6.92 Å². The van der Waals surface area contributed by atoms with Crippen LogP contribution in [0.4, 0.5) is 0 Å². The maximum absolute atomic E-state index is 5.21. The Kier molecular flexibility index (Phi) is 4.47. The number of rotatable bonds is 6. The third-order valence-electron chi connectivity index (χ3n) is 2.79. The van der Waals surface area contributed by atoms with Gasteiger partial charge in [0.25, 0.3) is 0 Å². The Balaban J connectivity index is 1.86. The van der Waals surface area contributed by atoms with Crippen molar-refractivity contribution in [1.29, 1.82) is 0 Å². The first-order chi connectivity index (χ1) is 8.78. The molecule has 0 unspecified atom stereocenters. The third kappa shape index (κ3) is 3.67. The van der Waals surface area contributed by atoms with Crippen LogP contribution in [0.1, 0.15) is 29.8 Å². The lowest BCUT2D eigenvalue weighted by Gasteiger charge is -1.98. The summed E-state index contributed by atoms with van der Waals surface area (Å²) < 4.78 is 5.21. The Labute approximate surface area is 107 Å². The average molecular weight is 245 g/mol. The van der Waals surface area contributed by atoms with Crippen LogP contribution in [0.2, 0.25) is 0 Å². The molecule has 0 radical (unpaired) electrons. The van der Waals surface area contributed by atoms with E-state index in [-0.39, 0.29) is 0 Å². The molecule has 0 saturated carbocycles. The van der Waals surface area contributed by atoms with E-state index in [1.807, 2.05) is 0 Å². The molecule has 1 heterocycles. The Morgan fingerprint density at radius 2 is 1.94 bits per heavy atom. The lowest BCUT2D eigenvalue weighted by atomic mass is 10.1. The minimum atomic E-state index is 0.671. The highest BCUT2D eigenvalue weighted by Crippen LogP contribution is 2.07. The van der Waals surface area contributed by atoms with Crippen LogP contribution in [0.5, 0.6) is 0 Å². The van der Waals surface area contributed by atoms with Gasteiger partial charge in [-0.15, -0.1) is 0 Å². The fraction of sp³-hybridized carbons (Fsp3) is 0.429. The van der Waals surface area contributed by atoms with E-state index >= 15 is 0 Å². The van der Waals surface area contributed by atoms with Gasteiger partial charge in [-0.05, 0) is 25.5 Å². The number of benzene rings is 1. The van der Waals surface area contributed by atoms with Crippen LogP contribution in [0.15, 0.2) is 28.8 Å². The zero-order valence-electron chi connectivity index (χ0n) is 10.9. The van der Waals surface area contributed by atoms with Crippen molar-refractivity contribution in [2.75, 3.05) is 6.54 Å². The second-order valence-electron chi connectivity index (χ2n) is 4.37. The average Bonchev–Trinajstić information content (AvgIpc) is 2.84. The lowest BCUT2D eigenvalue weighted by Crippen LogP contribution is -2.12. The van der Waals surface area contributed by atoms with Gasteiger partial charge in [-0.3, -0.25) is 0 Å². The number of hydrogen-bond acceptors (Lipinski definition) is 4. The predicted octanol–water partition coefficient (Wildman–Crippen LogP) is 2.27. The van der Waals surface area contributed by atoms with Crippen LogP contribution < -0.4 is 5.32 Å². The van der Waals surface area contributed by atoms with Crippen molar-refractivity contribution in [3.63, 3.8) is 0 Å². The Morgan fingerprint density at radius 3 is 2.67 bits per heavy atom. The molecular formula is C14H19N3O. The van der Waals surface area contributed by atoms with Gasteiger partial charge in [-0.2, -0.15) is 4.98 Å². The largest absolute Gasteiger partial charge is 0.339 e. The van der Waals surface area contributed by atoms with Crippen molar-refractivity contribution in [3.8, 4) is 0 Å². The van der Waals surface area contributed by atoms with E-state index in [1.165, 1.54) is 11.1 Å². The lowest BCUT2D eigenvalue weighted by molar-refractivity contribution is 0.371. The fourth-order valence-electron chi connectivity index (χ4n) is 1.71. The molecule has 0 bridgehead atoms. The fourth-order valence-corrected chi connectivity index (χ4v) is 1.71. The maximum Gasteiger partial charge on any atom is 0.227 e. The normalized spacial score (nSPS) is 10.8. The summed E-state index contributed by atoms with van der Waals surface area (Å²) in [5.41, 5.74) is 2.58. The van der Waals surface area contributed by atoms with Crippen LogP contribution in [0.25, 0.3) is 0 Å². The molecule has 0 aliphatic carbocycles. The van der Waals surface area contributed by atoms with E-state index < -0.39 is 0 Å². The Morgan fingerprint density at radius 1 is 1.17 bits per heavy atom. The summed E-state index contributed by atoms with van der Waals surface area (Å²) in [6, 6.07) is 8.54. The molecule has 2 rings (SSSR count). The van der Waals surface area contributed by atoms with E-state index in [2.05, 4.69) is 53.6 Å². The summed E-state index contributed by atoms with van der Waals surface area (Å²) >= 11 is 0. The van der Waals surface area contributed by atoms with Gasteiger partial charge < -0.3 is 9.84 Å². The standard InChI is InChI=1S/C14H19N3O/c1-3-15-10-13-16-14(18-17-13)9-8-12-6-4-11(2)5-7-12/h4-7,15H,3,8-10H2,1-2H3. The zero-order valence-corrected chi connectivity index (χ0v) is 10.9. The highest BCUT2D eigenvalue weighted by atomic mass is 16.5. The first-order valence-corrected chi connectivity index (χ1v) is 6.35. The van der Waals surface area contributed by atoms with Crippen molar-refractivity contribution in [3.05, 3.63) is 47.1 Å². The van der Waals surface area contributed by atoms with Gasteiger partial charge >= 0.3 is 0 Å². The van der Waals surface area contributed by atoms with E-state index in [1.54, 1.807) is 0 Å². The highest BCUT2D eigenvalue weighted by molar-refractivity contribution is 5.21. The van der Waals surface area contributed by atoms with Crippen molar-refractivity contribution in [2.45, 2.75) is 33.2 Å². The SMILES string of the molecule is CCNCc1noc(CCc2ccc(C)cc2)n1. The maximum atomic E-state index is 5.21. The topological polar surface area (TPSA) is 51.0 Å². The van der Waals surface area contributed by atoms with E-state index in [0.717, 1.165) is 25.2 Å². The number of nitrogens with one attached hydrogen (secondary N) is 1. The molecule has 0 fully saturated rings. The number of nitrogens with zero attached hydrogens (tertiary/aromatic N) is 2. The van der Waals surface area contributed by atoms with Gasteiger partial charge in [-0.1, -0.05) is 41.9 Å². The number of hydrogen-bond donors (Lipinski definition) is 1. The molecule has 0 aliphatic heterocycles. The molecule has 0 aliphatic rings. The summed E-state index contributed by atoms with van der Waals surface area (Å²) in [7, 11) is 0. The van der Waals surface area contributed by atoms with Crippen molar-refractivity contribution in [2.24, 2.45) is 0 Å². The minimum absolute atomic E-state index is 0.671. The van der Waals surface area contributed by atoms with E-state index in [0.29, 0.717) is 12.4 Å². The van der Waals surface area contributed by atoms with Crippen LogP contribution in [-0.2, 0) is 19.4 Å². The van der Waals surface area contributed by atoms with E-state index in [9.17, 15) is 0 Å². The molecule has 1 aromatic carbocycles. The zero-order chi connectivity index (χ0) is 12.8. The number of aryl methyl sites for hydroxylation is 3. The van der Waals surface area contributed by atoms with Crippen LogP contribution >= 0.6 is 0 Å². The van der Waals surface area contributed by atoms with Gasteiger partial charge in [0.1, 0.15) is 0 Å². The molecule has 1 aromatic heterocycles. The molecule has 0 amide bonds. The summed E-state index contributed by atoms with van der Waals surface area (Å²) in [5, 5.41) is 7.10. The monoisotopic (exact) mass is 245 g/mol. The van der Waals surface area contributed by atoms with Gasteiger partial charge in [0, 0.05) is 6.42 Å². The Hall–Kier alpha value is -1.68. The van der Waals surface area contributed by atoms with Crippen LogP contribution in [0.3, 0.4) is 0 Å². The van der Waals surface area contributed by atoms with E-state index in [4.69, 9.17) is 4.52 Å². The quantitative estimate of drug-likeness (QED) is 0.848. The first kappa shape index (κ1) is 12.8.